The number of nitrogens with one attached hydrogen (secondary N) is 1. The van der Waals surface area contributed by atoms with Crippen LogP contribution >= 0.6 is 0 Å². The van der Waals surface area contributed by atoms with Crippen LogP contribution < -0.4 is 4.90 Å². The second-order valence-corrected chi connectivity index (χ2v) is 5.19. The lowest BCUT2D eigenvalue weighted by atomic mass is 10.0. The Morgan fingerprint density at radius 3 is 2.82 bits per heavy atom. The summed E-state index contributed by atoms with van der Waals surface area (Å²) in [6, 6.07) is 0. The van der Waals surface area contributed by atoms with E-state index in [0.717, 1.165) is 41.8 Å². The average molecular weight is 229 g/mol. The summed E-state index contributed by atoms with van der Waals surface area (Å²) >= 11 is 0. The van der Waals surface area contributed by atoms with Crippen LogP contribution in [0.2, 0.25) is 0 Å². The highest BCUT2D eigenvalue weighted by atomic mass is 15.2. The summed E-state index contributed by atoms with van der Waals surface area (Å²) in [5.41, 5.74) is 0.840. The van der Waals surface area contributed by atoms with Gasteiger partial charge in [-0.2, -0.15) is 5.10 Å². The molecule has 1 aliphatic carbocycles. The molecule has 88 valence electrons. The second kappa shape index (κ2) is 3.42. The normalized spacial score (nSPS) is 27.9. The van der Waals surface area contributed by atoms with E-state index >= 15 is 0 Å². The third-order valence-corrected chi connectivity index (χ3v) is 4.25. The van der Waals surface area contributed by atoms with Gasteiger partial charge in [0.2, 0.25) is 0 Å². The Bertz CT molecular complexity index is 537. The lowest BCUT2D eigenvalue weighted by Gasteiger charge is -2.18. The lowest BCUT2D eigenvalue weighted by molar-refractivity contribution is 0.494. The Morgan fingerprint density at radius 2 is 2.00 bits per heavy atom. The monoisotopic (exact) mass is 229 g/mol. The number of hydrogen-bond acceptors (Lipinski definition) is 4. The zero-order valence-electron chi connectivity index (χ0n) is 9.63. The van der Waals surface area contributed by atoms with Crippen molar-refractivity contribution in [2.75, 3.05) is 18.0 Å². The van der Waals surface area contributed by atoms with E-state index in [0.29, 0.717) is 0 Å². The lowest BCUT2D eigenvalue weighted by Crippen LogP contribution is -2.22. The van der Waals surface area contributed by atoms with E-state index in [1.807, 2.05) is 6.20 Å². The summed E-state index contributed by atoms with van der Waals surface area (Å²) in [6.07, 6.45) is 7.65. The molecule has 5 nitrogen and oxygen atoms in total. The maximum Gasteiger partial charge on any atom is 0.160 e. The fourth-order valence-electron chi connectivity index (χ4n) is 3.41. The summed E-state index contributed by atoms with van der Waals surface area (Å²) in [5, 5.41) is 8.01. The number of aromatic amines is 1. The largest absolute Gasteiger partial charge is 0.355 e. The molecule has 2 aromatic rings. The number of aromatic nitrogens is 4. The fraction of sp³-hybridized carbons (Fsp3) is 0.583. The zero-order valence-corrected chi connectivity index (χ0v) is 9.63. The van der Waals surface area contributed by atoms with E-state index in [4.69, 9.17) is 0 Å². The Balaban J connectivity index is 1.73. The van der Waals surface area contributed by atoms with Crippen LogP contribution in [0.5, 0.6) is 0 Å². The molecule has 1 N–H and O–H groups in total. The maximum absolute atomic E-state index is 4.44. The molecule has 4 rings (SSSR count). The third kappa shape index (κ3) is 1.34. The first kappa shape index (κ1) is 9.39. The van der Waals surface area contributed by atoms with E-state index in [-0.39, 0.29) is 0 Å². The Kier molecular flexibility index (Phi) is 1.89. The van der Waals surface area contributed by atoms with Crippen LogP contribution in [0.15, 0.2) is 12.5 Å². The Morgan fingerprint density at radius 1 is 1.18 bits per heavy atom. The van der Waals surface area contributed by atoms with Crippen LogP contribution in [0.4, 0.5) is 5.82 Å². The molecule has 1 saturated carbocycles. The summed E-state index contributed by atoms with van der Waals surface area (Å²) in [4.78, 5) is 11.0. The smallest absolute Gasteiger partial charge is 0.160 e. The summed E-state index contributed by atoms with van der Waals surface area (Å²) in [7, 11) is 0. The molecule has 1 aliphatic heterocycles. The van der Waals surface area contributed by atoms with Crippen molar-refractivity contribution in [2.24, 2.45) is 11.8 Å². The Labute approximate surface area is 99.3 Å². The molecule has 0 unspecified atom stereocenters. The number of nitrogens with zero attached hydrogens (tertiary/aromatic N) is 4. The minimum absolute atomic E-state index is 0.840. The van der Waals surface area contributed by atoms with Crippen molar-refractivity contribution in [3.8, 4) is 0 Å². The molecule has 2 aromatic heterocycles. The molecule has 2 fully saturated rings. The van der Waals surface area contributed by atoms with Crippen LogP contribution in [0.1, 0.15) is 19.3 Å². The van der Waals surface area contributed by atoms with Crippen molar-refractivity contribution >= 4 is 16.9 Å². The molecule has 3 heterocycles. The molecule has 2 atom stereocenters. The first-order valence-corrected chi connectivity index (χ1v) is 6.31. The minimum Gasteiger partial charge on any atom is -0.355 e. The Hall–Kier alpha value is -1.65. The van der Waals surface area contributed by atoms with Crippen molar-refractivity contribution < 1.29 is 0 Å². The highest BCUT2D eigenvalue weighted by molar-refractivity contribution is 5.86. The number of rotatable bonds is 1. The van der Waals surface area contributed by atoms with Crippen LogP contribution in [-0.4, -0.2) is 33.3 Å². The molecule has 0 spiro atoms. The van der Waals surface area contributed by atoms with Crippen LogP contribution in [0.3, 0.4) is 0 Å². The van der Waals surface area contributed by atoms with Crippen molar-refractivity contribution in [3.05, 3.63) is 12.5 Å². The molecular formula is C12H15N5. The zero-order chi connectivity index (χ0) is 11.2. The highest BCUT2D eigenvalue weighted by Crippen LogP contribution is 2.40. The van der Waals surface area contributed by atoms with Gasteiger partial charge in [-0.15, -0.1) is 0 Å². The van der Waals surface area contributed by atoms with Gasteiger partial charge in [0, 0.05) is 13.1 Å². The van der Waals surface area contributed by atoms with Gasteiger partial charge in [0.1, 0.15) is 12.1 Å². The van der Waals surface area contributed by atoms with Gasteiger partial charge in [-0.3, -0.25) is 5.10 Å². The van der Waals surface area contributed by atoms with Gasteiger partial charge in [0.15, 0.2) is 5.65 Å². The van der Waals surface area contributed by atoms with Crippen molar-refractivity contribution in [2.45, 2.75) is 19.3 Å². The molecule has 17 heavy (non-hydrogen) atoms. The molecule has 0 amide bonds. The molecule has 5 heteroatoms. The van der Waals surface area contributed by atoms with E-state index in [9.17, 15) is 0 Å². The summed E-state index contributed by atoms with van der Waals surface area (Å²) in [6.45, 7) is 2.31. The molecular weight excluding hydrogens is 214 g/mol. The molecule has 0 radical (unpaired) electrons. The SMILES string of the molecule is c1nc(N2C[C@H]3CCC[C@@H]3C2)c2cn[nH]c2n1. The number of fused-ring (bicyclic) bond motifs is 2. The molecule has 0 aromatic carbocycles. The van der Waals surface area contributed by atoms with Crippen molar-refractivity contribution in [1.29, 1.82) is 0 Å². The summed E-state index contributed by atoms with van der Waals surface area (Å²) in [5.74, 6) is 2.82. The van der Waals surface area contributed by atoms with Crippen LogP contribution in [0, 0.1) is 11.8 Å². The number of H-pyrrole nitrogens is 1. The molecule has 0 bridgehead atoms. The van der Waals surface area contributed by atoms with Gasteiger partial charge in [-0.05, 0) is 24.7 Å². The molecule has 1 saturated heterocycles. The van der Waals surface area contributed by atoms with Gasteiger partial charge < -0.3 is 4.90 Å². The van der Waals surface area contributed by atoms with E-state index < -0.39 is 0 Å². The first-order valence-electron chi connectivity index (χ1n) is 6.31. The maximum atomic E-state index is 4.44. The van der Waals surface area contributed by atoms with E-state index in [1.54, 1.807) is 6.33 Å². The first-order chi connectivity index (χ1) is 8.42. The summed E-state index contributed by atoms with van der Waals surface area (Å²) < 4.78 is 0. The topological polar surface area (TPSA) is 57.7 Å². The van der Waals surface area contributed by atoms with Gasteiger partial charge in [0.05, 0.1) is 11.6 Å². The number of hydrogen-bond donors (Lipinski definition) is 1. The van der Waals surface area contributed by atoms with Crippen LogP contribution in [-0.2, 0) is 0 Å². The van der Waals surface area contributed by atoms with Gasteiger partial charge in [0.25, 0.3) is 0 Å². The fourth-order valence-corrected chi connectivity index (χ4v) is 3.41. The number of anilines is 1. The van der Waals surface area contributed by atoms with E-state index in [1.165, 1.54) is 19.3 Å². The van der Waals surface area contributed by atoms with Crippen molar-refractivity contribution in [1.82, 2.24) is 20.2 Å². The highest BCUT2D eigenvalue weighted by Gasteiger charge is 2.37. The third-order valence-electron chi connectivity index (χ3n) is 4.25. The predicted molar refractivity (Wildman–Crippen MR) is 64.7 cm³/mol. The van der Waals surface area contributed by atoms with Crippen LogP contribution in [0.25, 0.3) is 11.0 Å². The molecule has 2 aliphatic rings. The average Bonchev–Trinajstić information content (AvgIpc) is 3.02. The predicted octanol–water partition coefficient (Wildman–Crippen LogP) is 1.59. The minimum atomic E-state index is 0.840. The van der Waals surface area contributed by atoms with Gasteiger partial charge in [-0.1, -0.05) is 6.42 Å². The van der Waals surface area contributed by atoms with Gasteiger partial charge >= 0.3 is 0 Å². The van der Waals surface area contributed by atoms with Crippen molar-refractivity contribution in [3.63, 3.8) is 0 Å². The standard InChI is InChI=1S/C12H15N5/c1-2-8-5-17(6-9(8)3-1)12-10-4-15-16-11(10)13-7-14-12/h4,7-9H,1-3,5-6H2,(H,13,14,15,16)/t8-,9-/m1/s1. The van der Waals surface area contributed by atoms with E-state index in [2.05, 4.69) is 25.1 Å². The van der Waals surface area contributed by atoms with Gasteiger partial charge in [-0.25, -0.2) is 9.97 Å². The quantitative estimate of drug-likeness (QED) is 0.806. The second-order valence-electron chi connectivity index (χ2n) is 5.19.